The summed E-state index contributed by atoms with van der Waals surface area (Å²) in [6.45, 7) is 1.91. The predicted octanol–water partition coefficient (Wildman–Crippen LogP) is 3.36. The van der Waals surface area contributed by atoms with Crippen molar-refractivity contribution >= 4 is 30.7 Å². The van der Waals surface area contributed by atoms with E-state index in [4.69, 9.17) is 5.73 Å². The van der Waals surface area contributed by atoms with E-state index in [1.165, 1.54) is 0 Å². The first-order chi connectivity index (χ1) is 10.4. The van der Waals surface area contributed by atoms with Crippen molar-refractivity contribution in [3.8, 4) is 0 Å². The highest BCUT2D eigenvalue weighted by Crippen LogP contribution is 2.40. The second-order valence-electron chi connectivity index (χ2n) is 6.51. The fourth-order valence-corrected chi connectivity index (χ4v) is 3.08. The van der Waals surface area contributed by atoms with Crippen molar-refractivity contribution in [2.24, 2.45) is 5.73 Å². The van der Waals surface area contributed by atoms with Gasteiger partial charge < -0.3 is 11.1 Å². The number of rotatable bonds is 3. The standard InChI is InChI=1S/C16H21F2N3O.2ClH/c1-9-12(13-7-14(13)19)6-10(8-20-9)15(22)21-11-2-4-16(17,18)5-3-11;;/h6,8,11,13-14H,2-5,7,19H2,1H3,(H,21,22);2*1H/t13-,14+;;/m0../s1. The van der Waals surface area contributed by atoms with Crippen molar-refractivity contribution < 1.29 is 13.6 Å². The summed E-state index contributed by atoms with van der Waals surface area (Å²) in [5.74, 6) is -2.53. The Morgan fingerprint density at radius 2 is 1.92 bits per heavy atom. The summed E-state index contributed by atoms with van der Waals surface area (Å²) in [5.41, 5.74) is 8.27. The van der Waals surface area contributed by atoms with Gasteiger partial charge in [-0.05, 0) is 37.8 Å². The molecule has 136 valence electrons. The molecule has 2 saturated carbocycles. The number of halogens is 4. The molecule has 0 spiro atoms. The lowest BCUT2D eigenvalue weighted by Gasteiger charge is -2.28. The molecule has 2 fully saturated rings. The van der Waals surface area contributed by atoms with Gasteiger partial charge in [-0.3, -0.25) is 9.78 Å². The van der Waals surface area contributed by atoms with Crippen molar-refractivity contribution in [2.75, 3.05) is 0 Å². The summed E-state index contributed by atoms with van der Waals surface area (Å²) < 4.78 is 26.3. The number of aryl methyl sites for hydroxylation is 1. The molecule has 4 nitrogen and oxygen atoms in total. The molecule has 1 aromatic rings. The van der Waals surface area contributed by atoms with Gasteiger partial charge in [-0.15, -0.1) is 24.8 Å². The maximum Gasteiger partial charge on any atom is 0.253 e. The Hall–Kier alpha value is -0.980. The maximum absolute atomic E-state index is 13.1. The number of hydrogen-bond acceptors (Lipinski definition) is 3. The van der Waals surface area contributed by atoms with Crippen LogP contribution in [0.3, 0.4) is 0 Å². The van der Waals surface area contributed by atoms with Gasteiger partial charge in [0.25, 0.3) is 5.91 Å². The largest absolute Gasteiger partial charge is 0.349 e. The van der Waals surface area contributed by atoms with Gasteiger partial charge >= 0.3 is 0 Å². The Balaban J connectivity index is 0.00000144. The number of nitrogens with two attached hydrogens (primary N) is 1. The van der Waals surface area contributed by atoms with Crippen molar-refractivity contribution in [3.63, 3.8) is 0 Å². The molecule has 1 amide bonds. The number of aromatic nitrogens is 1. The molecule has 0 saturated heterocycles. The van der Waals surface area contributed by atoms with E-state index < -0.39 is 5.92 Å². The van der Waals surface area contributed by atoms with Crippen LogP contribution in [-0.4, -0.2) is 28.9 Å². The zero-order valence-electron chi connectivity index (χ0n) is 13.4. The van der Waals surface area contributed by atoms with Crippen LogP contribution >= 0.6 is 24.8 Å². The molecule has 0 bridgehead atoms. The van der Waals surface area contributed by atoms with E-state index in [2.05, 4.69) is 10.3 Å². The van der Waals surface area contributed by atoms with Crippen molar-refractivity contribution in [1.82, 2.24) is 10.3 Å². The summed E-state index contributed by atoms with van der Waals surface area (Å²) in [4.78, 5) is 16.6. The average molecular weight is 382 g/mol. The molecular formula is C16H23Cl2F2N3O. The van der Waals surface area contributed by atoms with Crippen LogP contribution in [0.2, 0.25) is 0 Å². The number of carbonyl (C=O) groups excluding carboxylic acids is 1. The quantitative estimate of drug-likeness (QED) is 0.843. The van der Waals surface area contributed by atoms with Gasteiger partial charge in [0.1, 0.15) is 0 Å². The highest BCUT2D eigenvalue weighted by atomic mass is 35.5. The number of nitrogens with one attached hydrogen (secondary N) is 1. The van der Waals surface area contributed by atoms with Gasteiger partial charge in [-0.2, -0.15) is 0 Å². The van der Waals surface area contributed by atoms with E-state index in [9.17, 15) is 13.6 Å². The Bertz CT molecular complexity index is 591. The van der Waals surface area contributed by atoms with Gasteiger partial charge in [-0.25, -0.2) is 8.78 Å². The minimum absolute atomic E-state index is 0. The van der Waals surface area contributed by atoms with Crippen LogP contribution in [0.25, 0.3) is 0 Å². The summed E-state index contributed by atoms with van der Waals surface area (Å²) in [5, 5.41) is 2.85. The van der Waals surface area contributed by atoms with E-state index in [-0.39, 0.29) is 61.6 Å². The van der Waals surface area contributed by atoms with E-state index in [1.54, 1.807) is 6.20 Å². The molecule has 3 rings (SSSR count). The number of carbonyl (C=O) groups is 1. The molecule has 0 aliphatic heterocycles. The van der Waals surface area contributed by atoms with Gasteiger partial charge in [0.05, 0.1) is 5.56 Å². The normalized spacial score (nSPS) is 25.2. The van der Waals surface area contributed by atoms with Crippen LogP contribution < -0.4 is 11.1 Å². The lowest BCUT2D eigenvalue weighted by molar-refractivity contribution is -0.0399. The molecule has 8 heteroatoms. The summed E-state index contributed by atoms with van der Waals surface area (Å²) in [6.07, 6.45) is 2.78. The molecule has 1 aromatic heterocycles. The topological polar surface area (TPSA) is 68.0 Å². The fraction of sp³-hybridized carbons (Fsp3) is 0.625. The van der Waals surface area contributed by atoms with Crippen molar-refractivity contribution in [3.05, 3.63) is 29.1 Å². The molecule has 24 heavy (non-hydrogen) atoms. The Kier molecular flexibility index (Phi) is 6.96. The fourth-order valence-electron chi connectivity index (χ4n) is 3.08. The molecule has 2 aliphatic carbocycles. The third-order valence-corrected chi connectivity index (χ3v) is 4.68. The molecule has 2 aliphatic rings. The van der Waals surface area contributed by atoms with Crippen LogP contribution in [0.5, 0.6) is 0 Å². The van der Waals surface area contributed by atoms with Gasteiger partial charge in [0.2, 0.25) is 5.92 Å². The minimum atomic E-state index is -2.58. The predicted molar refractivity (Wildman–Crippen MR) is 93.5 cm³/mol. The zero-order valence-corrected chi connectivity index (χ0v) is 15.1. The molecule has 0 unspecified atom stereocenters. The number of pyridine rings is 1. The minimum Gasteiger partial charge on any atom is -0.349 e. The molecule has 1 heterocycles. The second-order valence-corrected chi connectivity index (χ2v) is 6.51. The maximum atomic E-state index is 13.1. The number of nitrogens with zero attached hydrogens (tertiary/aromatic N) is 1. The number of amides is 1. The van der Waals surface area contributed by atoms with Crippen LogP contribution in [-0.2, 0) is 0 Å². The highest BCUT2D eigenvalue weighted by Gasteiger charge is 2.37. The Labute approximate surface area is 152 Å². The highest BCUT2D eigenvalue weighted by molar-refractivity contribution is 5.94. The molecule has 0 aromatic carbocycles. The second kappa shape index (κ2) is 7.93. The monoisotopic (exact) mass is 381 g/mol. The van der Waals surface area contributed by atoms with Crippen LogP contribution in [0.4, 0.5) is 8.78 Å². The lowest BCUT2D eigenvalue weighted by atomic mass is 9.92. The van der Waals surface area contributed by atoms with E-state index in [0.29, 0.717) is 18.4 Å². The van der Waals surface area contributed by atoms with E-state index in [0.717, 1.165) is 17.7 Å². The molecule has 3 N–H and O–H groups in total. The summed E-state index contributed by atoms with van der Waals surface area (Å²) >= 11 is 0. The Morgan fingerprint density at radius 3 is 2.46 bits per heavy atom. The first kappa shape index (κ1) is 21.1. The first-order valence-corrected chi connectivity index (χ1v) is 7.76. The Morgan fingerprint density at radius 1 is 1.33 bits per heavy atom. The van der Waals surface area contributed by atoms with Gasteiger partial charge in [0.15, 0.2) is 0 Å². The smallest absolute Gasteiger partial charge is 0.253 e. The molecular weight excluding hydrogens is 359 g/mol. The van der Waals surface area contributed by atoms with Gasteiger partial charge in [-0.1, -0.05) is 0 Å². The summed E-state index contributed by atoms with van der Waals surface area (Å²) in [7, 11) is 0. The third kappa shape index (κ3) is 4.77. The lowest BCUT2D eigenvalue weighted by Crippen LogP contribution is -2.40. The first-order valence-electron chi connectivity index (χ1n) is 7.76. The van der Waals surface area contributed by atoms with Crippen LogP contribution in [0, 0.1) is 6.92 Å². The number of hydrogen-bond donors (Lipinski definition) is 2. The third-order valence-electron chi connectivity index (χ3n) is 4.68. The van der Waals surface area contributed by atoms with Crippen LogP contribution in [0.1, 0.15) is 59.6 Å². The number of alkyl halides is 2. The average Bonchev–Trinajstić information content (AvgIpc) is 3.18. The molecule has 0 radical (unpaired) electrons. The SMILES string of the molecule is Cc1ncc(C(=O)NC2CCC(F)(F)CC2)cc1[C@@H]1C[C@H]1N.Cl.Cl. The van der Waals surface area contributed by atoms with E-state index >= 15 is 0 Å². The van der Waals surface area contributed by atoms with Crippen molar-refractivity contribution in [2.45, 2.75) is 63.0 Å². The van der Waals surface area contributed by atoms with Crippen LogP contribution in [0.15, 0.2) is 12.3 Å². The molecule has 2 atom stereocenters. The van der Waals surface area contributed by atoms with Gasteiger partial charge in [0, 0.05) is 42.7 Å². The van der Waals surface area contributed by atoms with E-state index in [1.807, 2.05) is 13.0 Å². The summed E-state index contributed by atoms with van der Waals surface area (Å²) in [6, 6.07) is 1.81. The van der Waals surface area contributed by atoms with Crippen molar-refractivity contribution in [1.29, 1.82) is 0 Å². The zero-order chi connectivity index (χ0) is 15.9.